The third-order valence-corrected chi connectivity index (χ3v) is 7.63. The molecule has 8 heteroatoms. The first-order chi connectivity index (χ1) is 13.2. The second kappa shape index (κ2) is 12.1. The maximum atomic E-state index is 11.4. The van der Waals surface area contributed by atoms with E-state index in [1.807, 2.05) is 0 Å². The molecule has 0 N–H and O–H groups in total. The van der Waals surface area contributed by atoms with E-state index < -0.39 is 18.8 Å². The molecule has 0 aromatic rings. The minimum Gasteiger partial charge on any atom is -0.360 e. The Morgan fingerprint density at radius 1 is 1.18 bits per heavy atom. The van der Waals surface area contributed by atoms with Gasteiger partial charge in [-0.1, -0.05) is 32.6 Å². The molecule has 0 spiro atoms. The Kier molecular flexibility index (Phi) is 11.4. The number of hydrogen-bond donors (Lipinski definition) is 0. The minimum absolute atomic E-state index is 0.125. The van der Waals surface area contributed by atoms with Crippen molar-refractivity contribution >= 4 is 25.1 Å². The topological polar surface area (TPSA) is 106 Å². The van der Waals surface area contributed by atoms with Gasteiger partial charge in [0.15, 0.2) is 0 Å². The second-order valence-corrected chi connectivity index (χ2v) is 9.31. The fraction of sp³-hybridized carbons (Fsp3) is 0.750. The second-order valence-electron chi connectivity index (χ2n) is 7.16. The summed E-state index contributed by atoms with van der Waals surface area (Å²) in [7, 11) is -1.51. The Hall–Kier alpha value is -1.57. The Labute approximate surface area is 168 Å². The lowest BCUT2D eigenvalue weighted by Crippen LogP contribution is -2.29. The van der Waals surface area contributed by atoms with Crippen LogP contribution in [0.25, 0.3) is 5.53 Å². The molecule has 0 bridgehead atoms. The standard InChI is InChI=1S/C8H12.C7H12O.C5H9N2O4P/c1-3-8(4-2)6-5-7-8;1-2-7(6-8)4-3-5-7;1-4(8)5(7-6)12(9,10-2)11-3/h1H,4-7H2,2H3;6H,2-5H2,1H3;1-3H3. The molecule has 7 nitrogen and oxygen atoms in total. The number of Topliss-reactive ketones (excluding diaryl/α,β-unsaturated/α-hetero) is 1. The number of terminal acetylenes is 1. The molecule has 2 rings (SSSR count). The summed E-state index contributed by atoms with van der Waals surface area (Å²) in [6.45, 7) is 5.37. The van der Waals surface area contributed by atoms with Crippen LogP contribution in [-0.4, -0.2) is 36.5 Å². The van der Waals surface area contributed by atoms with Crippen molar-refractivity contribution < 1.29 is 28.0 Å². The maximum Gasteiger partial charge on any atom is 0.446 e. The lowest BCUT2D eigenvalue weighted by molar-refractivity contribution is -0.120. The minimum atomic E-state index is -3.70. The normalized spacial score (nSPS) is 18.1. The monoisotopic (exact) mass is 412 g/mol. The third kappa shape index (κ3) is 6.79. The Balaban J connectivity index is 0.000000402. The predicted molar refractivity (Wildman–Crippen MR) is 109 cm³/mol. The van der Waals surface area contributed by atoms with Gasteiger partial charge in [0.05, 0.1) is 0 Å². The number of ketones is 1. The van der Waals surface area contributed by atoms with Gasteiger partial charge in [-0.2, -0.15) is 4.79 Å². The largest absolute Gasteiger partial charge is 0.446 e. The molecule has 0 radical (unpaired) electrons. The third-order valence-electron chi connectivity index (χ3n) is 5.75. The van der Waals surface area contributed by atoms with Crippen LogP contribution >= 0.6 is 7.60 Å². The summed E-state index contributed by atoms with van der Waals surface area (Å²) in [5, 5.41) is 0. The summed E-state index contributed by atoms with van der Waals surface area (Å²) in [5.41, 5.74) is 8.18. The van der Waals surface area contributed by atoms with E-state index in [-0.39, 0.29) is 5.41 Å². The molecule has 2 aliphatic carbocycles. The van der Waals surface area contributed by atoms with Gasteiger partial charge in [-0.25, -0.2) is 4.57 Å². The number of carbonyl (C=O) groups is 2. The molecular weight excluding hydrogens is 379 g/mol. The number of rotatable bonds is 7. The number of carbonyl (C=O) groups excluding carboxylic acids is 2. The van der Waals surface area contributed by atoms with E-state index in [9.17, 15) is 14.2 Å². The molecule has 0 aliphatic heterocycles. The highest BCUT2D eigenvalue weighted by Gasteiger charge is 2.41. The fourth-order valence-corrected chi connectivity index (χ4v) is 3.94. The van der Waals surface area contributed by atoms with Crippen molar-refractivity contribution in [2.45, 2.75) is 72.1 Å². The van der Waals surface area contributed by atoms with Crippen molar-refractivity contribution in [2.75, 3.05) is 14.2 Å². The highest BCUT2D eigenvalue weighted by molar-refractivity contribution is 7.74. The van der Waals surface area contributed by atoms with E-state index in [4.69, 9.17) is 12.0 Å². The van der Waals surface area contributed by atoms with Crippen molar-refractivity contribution in [1.29, 1.82) is 0 Å². The van der Waals surface area contributed by atoms with E-state index >= 15 is 0 Å². The molecule has 2 saturated carbocycles. The van der Waals surface area contributed by atoms with Crippen LogP contribution in [0, 0.1) is 23.2 Å². The number of hydrogen-bond acceptors (Lipinski definition) is 5. The molecule has 0 unspecified atom stereocenters. The van der Waals surface area contributed by atoms with Crippen LogP contribution in [-0.2, 0) is 23.2 Å². The van der Waals surface area contributed by atoms with Crippen LogP contribution in [0.5, 0.6) is 0 Å². The van der Waals surface area contributed by atoms with Gasteiger partial charge >= 0.3 is 13.0 Å². The molecule has 2 fully saturated rings. The van der Waals surface area contributed by atoms with Crippen LogP contribution in [0.4, 0.5) is 0 Å². The first-order valence-electron chi connectivity index (χ1n) is 9.56. The maximum absolute atomic E-state index is 11.4. The van der Waals surface area contributed by atoms with Gasteiger partial charge in [-0.15, -0.1) is 6.42 Å². The number of nitrogens with zero attached hydrogens (tertiary/aromatic N) is 2. The summed E-state index contributed by atoms with van der Waals surface area (Å²) >= 11 is 0. The van der Waals surface area contributed by atoms with Crippen molar-refractivity contribution in [3.8, 4) is 12.3 Å². The molecule has 0 heterocycles. The summed E-state index contributed by atoms with van der Waals surface area (Å²) in [4.78, 5) is 23.6. The van der Waals surface area contributed by atoms with Crippen LogP contribution in [0.2, 0.25) is 0 Å². The molecule has 0 amide bonds. The zero-order chi connectivity index (χ0) is 21.8. The van der Waals surface area contributed by atoms with Crippen LogP contribution in [0.15, 0.2) is 0 Å². The highest BCUT2D eigenvalue weighted by Crippen LogP contribution is 2.47. The van der Waals surface area contributed by atoms with Gasteiger partial charge in [0.2, 0.25) is 5.78 Å². The van der Waals surface area contributed by atoms with Gasteiger partial charge in [0.25, 0.3) is 0 Å². The molecule has 0 aromatic heterocycles. The summed E-state index contributed by atoms with van der Waals surface area (Å²) < 4.78 is 20.2. The summed E-state index contributed by atoms with van der Waals surface area (Å²) in [5.74, 6) is 2.20. The molecule has 158 valence electrons. The smallest absolute Gasteiger partial charge is 0.360 e. The first-order valence-corrected chi connectivity index (χ1v) is 11.1. The molecule has 0 atom stereocenters. The van der Waals surface area contributed by atoms with Crippen LogP contribution in [0.1, 0.15) is 72.1 Å². The van der Waals surface area contributed by atoms with Crippen molar-refractivity contribution in [3.63, 3.8) is 0 Å². The van der Waals surface area contributed by atoms with Crippen LogP contribution < -0.4 is 0 Å². The Morgan fingerprint density at radius 3 is 1.71 bits per heavy atom. The molecular formula is C20H33N2O5P. The van der Waals surface area contributed by atoms with E-state index in [2.05, 4.69) is 33.6 Å². The first kappa shape index (κ1) is 26.4. The van der Waals surface area contributed by atoms with Gasteiger partial charge < -0.3 is 19.4 Å². The molecule has 0 saturated heterocycles. The quantitative estimate of drug-likeness (QED) is 0.151. The van der Waals surface area contributed by atoms with E-state index in [0.29, 0.717) is 5.41 Å². The van der Waals surface area contributed by atoms with Gasteiger partial charge in [-0.3, -0.25) is 4.79 Å². The van der Waals surface area contributed by atoms with Gasteiger partial charge in [0.1, 0.15) is 6.29 Å². The lowest BCUT2D eigenvalue weighted by atomic mass is 9.68. The lowest BCUT2D eigenvalue weighted by Gasteiger charge is -2.35. The average Bonchev–Trinajstić information content (AvgIpc) is 2.63. The van der Waals surface area contributed by atoms with Crippen LogP contribution in [0.3, 0.4) is 0 Å². The number of aldehydes is 1. The Morgan fingerprint density at radius 2 is 1.68 bits per heavy atom. The van der Waals surface area contributed by atoms with E-state index in [0.717, 1.165) is 46.7 Å². The van der Waals surface area contributed by atoms with Gasteiger partial charge in [0, 0.05) is 32.0 Å². The predicted octanol–water partition coefficient (Wildman–Crippen LogP) is 4.66. The van der Waals surface area contributed by atoms with E-state index in [1.54, 1.807) is 0 Å². The molecule has 0 aromatic carbocycles. The zero-order valence-corrected chi connectivity index (χ0v) is 18.6. The summed E-state index contributed by atoms with van der Waals surface area (Å²) in [6, 6.07) is 0. The van der Waals surface area contributed by atoms with E-state index in [1.165, 1.54) is 32.1 Å². The van der Waals surface area contributed by atoms with Gasteiger partial charge in [-0.05, 0) is 38.5 Å². The Bertz CT molecular complexity index is 650. The molecule has 2 aliphatic rings. The summed E-state index contributed by atoms with van der Waals surface area (Å²) in [6.07, 6.45) is 16.1. The van der Waals surface area contributed by atoms with Crippen molar-refractivity contribution in [2.24, 2.45) is 10.8 Å². The fourth-order valence-electron chi connectivity index (χ4n) is 2.95. The van der Waals surface area contributed by atoms with Crippen molar-refractivity contribution in [1.82, 2.24) is 0 Å². The SMILES string of the molecule is C#CC1(CC)CCC1.CCC1(C=O)CCC1.COP(=O)(OC)C(=[N+]=[N-])C(C)=O. The highest BCUT2D eigenvalue weighted by atomic mass is 31.2. The molecule has 28 heavy (non-hydrogen) atoms. The average molecular weight is 412 g/mol. The zero-order valence-electron chi connectivity index (χ0n) is 17.7. The van der Waals surface area contributed by atoms with Crippen molar-refractivity contribution in [3.05, 3.63) is 5.53 Å².